The Morgan fingerprint density at radius 3 is 2.53 bits per heavy atom. The molecule has 0 aliphatic carbocycles. The van der Waals surface area contributed by atoms with Gasteiger partial charge in [-0.3, -0.25) is 4.79 Å². The van der Waals surface area contributed by atoms with E-state index in [9.17, 15) is 14.7 Å². The number of anilines is 1. The van der Waals surface area contributed by atoms with Gasteiger partial charge in [-0.25, -0.2) is 9.78 Å². The van der Waals surface area contributed by atoms with Crippen molar-refractivity contribution < 1.29 is 24.2 Å². The van der Waals surface area contributed by atoms with Gasteiger partial charge >= 0.3 is 5.97 Å². The van der Waals surface area contributed by atoms with E-state index in [0.29, 0.717) is 23.2 Å². The minimum Gasteiger partial charge on any atom is -0.495 e. The van der Waals surface area contributed by atoms with Crippen molar-refractivity contribution in [3.63, 3.8) is 0 Å². The quantitative estimate of drug-likeness (QED) is 0.551. The molecule has 1 aromatic heterocycles. The lowest BCUT2D eigenvalue weighted by molar-refractivity contribution is -0.116. The first-order chi connectivity index (χ1) is 14.3. The number of carboxylic acids is 1. The van der Waals surface area contributed by atoms with Gasteiger partial charge in [0.15, 0.2) is 0 Å². The Morgan fingerprint density at radius 1 is 1.13 bits per heavy atom. The van der Waals surface area contributed by atoms with Gasteiger partial charge in [0.2, 0.25) is 11.8 Å². The highest BCUT2D eigenvalue weighted by Crippen LogP contribution is 2.33. The molecule has 2 aromatic rings. The van der Waals surface area contributed by atoms with Crippen molar-refractivity contribution in [3.8, 4) is 11.6 Å². The number of aromatic nitrogens is 1. The predicted octanol–water partition coefficient (Wildman–Crippen LogP) is 4.74. The summed E-state index contributed by atoms with van der Waals surface area (Å²) in [6, 6.07) is 8.14. The minimum atomic E-state index is -1.07. The highest BCUT2D eigenvalue weighted by atomic mass is 16.5. The summed E-state index contributed by atoms with van der Waals surface area (Å²) in [5.41, 5.74) is 1.31. The molecule has 0 aliphatic rings. The first-order valence-electron chi connectivity index (χ1n) is 10.1. The molecule has 7 heteroatoms. The number of hydrogen-bond donors (Lipinski definition) is 2. The molecule has 162 valence electrons. The number of nitrogens with zero attached hydrogens (tertiary/aromatic N) is 1. The fraction of sp³-hybridized carbons (Fsp3) is 0.435. The van der Waals surface area contributed by atoms with E-state index in [1.54, 1.807) is 13.3 Å². The van der Waals surface area contributed by atoms with Crippen LogP contribution in [0, 0.1) is 5.92 Å². The third-order valence-electron chi connectivity index (χ3n) is 4.92. The van der Waals surface area contributed by atoms with E-state index < -0.39 is 5.97 Å². The summed E-state index contributed by atoms with van der Waals surface area (Å²) < 4.78 is 10.7. The molecule has 30 heavy (non-hydrogen) atoms. The van der Waals surface area contributed by atoms with Gasteiger partial charge in [-0.15, -0.1) is 0 Å². The number of nitrogens with one attached hydrogen (secondary N) is 1. The Hall–Kier alpha value is -3.09. The third-order valence-corrected chi connectivity index (χ3v) is 4.92. The maximum Gasteiger partial charge on any atom is 0.335 e. The summed E-state index contributed by atoms with van der Waals surface area (Å²) >= 11 is 0. The van der Waals surface area contributed by atoms with E-state index in [1.807, 2.05) is 12.1 Å². The van der Waals surface area contributed by atoms with Crippen LogP contribution in [-0.2, 0) is 4.79 Å². The van der Waals surface area contributed by atoms with E-state index in [0.717, 1.165) is 24.8 Å². The zero-order chi connectivity index (χ0) is 22.1. The van der Waals surface area contributed by atoms with Crippen LogP contribution < -0.4 is 14.8 Å². The highest BCUT2D eigenvalue weighted by molar-refractivity contribution is 5.95. The van der Waals surface area contributed by atoms with E-state index in [4.69, 9.17) is 9.47 Å². The Labute approximate surface area is 177 Å². The maximum atomic E-state index is 12.9. The van der Waals surface area contributed by atoms with Crippen molar-refractivity contribution in [1.82, 2.24) is 4.98 Å². The van der Waals surface area contributed by atoms with Crippen molar-refractivity contribution in [2.75, 3.05) is 19.5 Å². The van der Waals surface area contributed by atoms with E-state index in [2.05, 4.69) is 24.1 Å². The first kappa shape index (κ1) is 23.2. The van der Waals surface area contributed by atoms with Gasteiger partial charge in [0.1, 0.15) is 5.75 Å². The summed E-state index contributed by atoms with van der Waals surface area (Å²) in [7, 11) is 3.04. The number of aromatic carboxylic acids is 1. The summed E-state index contributed by atoms with van der Waals surface area (Å²) in [5, 5.41) is 12.0. The number of carbonyl (C=O) groups excluding carboxylic acids is 1. The zero-order valence-corrected chi connectivity index (χ0v) is 18.0. The third kappa shape index (κ3) is 6.47. The van der Waals surface area contributed by atoms with E-state index >= 15 is 0 Å². The summed E-state index contributed by atoms with van der Waals surface area (Å²) in [6.07, 6.45) is 4.75. The van der Waals surface area contributed by atoms with Crippen LogP contribution in [0.5, 0.6) is 11.6 Å². The van der Waals surface area contributed by atoms with Gasteiger partial charge in [-0.05, 0) is 42.5 Å². The van der Waals surface area contributed by atoms with Crippen LogP contribution >= 0.6 is 0 Å². The molecule has 0 aliphatic heterocycles. The molecule has 1 aromatic carbocycles. The lowest BCUT2D eigenvalue weighted by Gasteiger charge is -2.20. The molecule has 0 saturated carbocycles. The van der Waals surface area contributed by atoms with Gasteiger partial charge in [-0.1, -0.05) is 32.8 Å². The predicted molar refractivity (Wildman–Crippen MR) is 115 cm³/mol. The standard InChI is InChI=1S/C23H30N2O5/c1-15(2)7-5-8-16(18-9-6-12-24-22(18)30-4)14-21(26)25-19-13-17(23(27)28)10-11-20(19)29-3/h6,9-13,15-16H,5,7-8,14H2,1-4H3,(H,25,26)(H,27,28). The van der Waals surface area contributed by atoms with Crippen molar-refractivity contribution >= 4 is 17.6 Å². The first-order valence-corrected chi connectivity index (χ1v) is 10.1. The largest absolute Gasteiger partial charge is 0.495 e. The molecular weight excluding hydrogens is 384 g/mol. The zero-order valence-electron chi connectivity index (χ0n) is 18.0. The topological polar surface area (TPSA) is 97.8 Å². The number of rotatable bonds is 11. The Kier molecular flexibility index (Phi) is 8.65. The Bertz CT molecular complexity index is 866. The summed E-state index contributed by atoms with van der Waals surface area (Å²) in [4.78, 5) is 28.4. The van der Waals surface area contributed by atoms with Gasteiger partial charge in [0.05, 0.1) is 25.5 Å². The van der Waals surface area contributed by atoms with Crippen molar-refractivity contribution in [3.05, 3.63) is 47.7 Å². The number of ether oxygens (including phenoxy) is 2. The average molecular weight is 415 g/mol. The summed E-state index contributed by atoms with van der Waals surface area (Å²) in [6.45, 7) is 4.35. The normalized spacial score (nSPS) is 11.8. The number of hydrogen-bond acceptors (Lipinski definition) is 5. The monoisotopic (exact) mass is 414 g/mol. The maximum absolute atomic E-state index is 12.9. The molecule has 0 spiro atoms. The van der Waals surface area contributed by atoms with Crippen molar-refractivity contribution in [2.45, 2.75) is 45.4 Å². The van der Waals surface area contributed by atoms with Crippen molar-refractivity contribution in [1.29, 1.82) is 0 Å². The minimum absolute atomic E-state index is 0.0685. The smallest absolute Gasteiger partial charge is 0.335 e. The Morgan fingerprint density at radius 2 is 1.90 bits per heavy atom. The lowest BCUT2D eigenvalue weighted by Crippen LogP contribution is -2.17. The van der Waals surface area contributed by atoms with Crippen LogP contribution in [-0.4, -0.2) is 36.2 Å². The molecule has 0 saturated heterocycles. The number of methoxy groups -OCH3 is 2. The molecule has 1 heterocycles. The van der Waals surface area contributed by atoms with Crippen LogP contribution in [0.1, 0.15) is 61.4 Å². The molecule has 1 atom stereocenters. The fourth-order valence-electron chi connectivity index (χ4n) is 3.39. The van der Waals surface area contributed by atoms with E-state index in [-0.39, 0.29) is 23.8 Å². The van der Waals surface area contributed by atoms with E-state index in [1.165, 1.54) is 25.3 Å². The van der Waals surface area contributed by atoms with Crippen LogP contribution in [0.15, 0.2) is 36.5 Å². The number of carbonyl (C=O) groups is 2. The van der Waals surface area contributed by atoms with Gasteiger partial charge in [-0.2, -0.15) is 0 Å². The molecule has 0 fully saturated rings. The van der Waals surface area contributed by atoms with Gasteiger partial charge in [0, 0.05) is 18.2 Å². The average Bonchev–Trinajstić information content (AvgIpc) is 2.72. The second kappa shape index (κ2) is 11.2. The lowest BCUT2D eigenvalue weighted by atomic mass is 9.89. The Balaban J connectivity index is 2.21. The number of amides is 1. The molecule has 1 unspecified atom stereocenters. The SMILES string of the molecule is COc1ccc(C(=O)O)cc1NC(=O)CC(CCCC(C)C)c1cccnc1OC. The fourth-order valence-corrected chi connectivity index (χ4v) is 3.39. The molecule has 0 radical (unpaired) electrons. The molecule has 0 bridgehead atoms. The molecular formula is C23H30N2O5. The molecule has 1 amide bonds. The van der Waals surface area contributed by atoms with Gasteiger partial charge in [0.25, 0.3) is 0 Å². The molecule has 2 rings (SSSR count). The van der Waals surface area contributed by atoms with Crippen LogP contribution in [0.2, 0.25) is 0 Å². The van der Waals surface area contributed by atoms with Crippen LogP contribution in [0.4, 0.5) is 5.69 Å². The number of pyridine rings is 1. The van der Waals surface area contributed by atoms with Crippen LogP contribution in [0.3, 0.4) is 0 Å². The highest BCUT2D eigenvalue weighted by Gasteiger charge is 2.21. The summed E-state index contributed by atoms with van der Waals surface area (Å²) in [5.74, 6) is 0.143. The number of benzene rings is 1. The number of carboxylic acid groups (broad SMARTS) is 1. The molecule has 7 nitrogen and oxygen atoms in total. The second-order valence-electron chi connectivity index (χ2n) is 7.60. The second-order valence-corrected chi connectivity index (χ2v) is 7.60. The van der Waals surface area contributed by atoms with Gasteiger partial charge < -0.3 is 19.9 Å². The molecule has 2 N–H and O–H groups in total. The van der Waals surface area contributed by atoms with Crippen LogP contribution in [0.25, 0.3) is 0 Å². The van der Waals surface area contributed by atoms with Crippen molar-refractivity contribution in [2.24, 2.45) is 5.92 Å².